The van der Waals surface area contributed by atoms with Crippen LogP contribution in [0.1, 0.15) is 54.0 Å². The monoisotopic (exact) mass is 395 g/mol. The van der Waals surface area contributed by atoms with Gasteiger partial charge in [0.1, 0.15) is 0 Å². The summed E-state index contributed by atoms with van der Waals surface area (Å²) in [4.78, 5) is 18.6. The minimum Gasteiger partial charge on any atom is -0.341 e. The number of carbonyl (C=O) groups is 1. The summed E-state index contributed by atoms with van der Waals surface area (Å²) in [5, 5.41) is 8.60. The highest BCUT2D eigenvalue weighted by atomic mass is 16.5. The Hall–Kier alpha value is -2.96. The Kier molecular flexibility index (Phi) is 6.46. The van der Waals surface area contributed by atoms with Crippen molar-refractivity contribution in [3.63, 3.8) is 0 Å². The van der Waals surface area contributed by atoms with Crippen LogP contribution in [0.25, 0.3) is 5.69 Å². The van der Waals surface area contributed by atoms with Crippen LogP contribution in [-0.2, 0) is 24.2 Å². The maximum atomic E-state index is 12.6. The van der Waals surface area contributed by atoms with Crippen LogP contribution >= 0.6 is 0 Å². The predicted octanol–water partition coefficient (Wildman–Crippen LogP) is 3.72. The molecule has 0 N–H and O–H groups in total. The molecule has 0 aliphatic rings. The number of aryl methyl sites for hydroxylation is 4. The van der Waals surface area contributed by atoms with Gasteiger partial charge in [-0.05, 0) is 38.8 Å². The largest absolute Gasteiger partial charge is 0.341 e. The van der Waals surface area contributed by atoms with Crippen molar-refractivity contribution in [1.82, 2.24) is 24.8 Å². The summed E-state index contributed by atoms with van der Waals surface area (Å²) in [5.74, 6) is 1.41. The molecule has 1 amide bonds. The lowest BCUT2D eigenvalue weighted by atomic mass is 10.1. The number of hydrogen-bond acceptors (Lipinski definition) is 5. The number of nitrogens with zero attached hydrogens (tertiary/aromatic N) is 5. The molecule has 0 atom stereocenters. The summed E-state index contributed by atoms with van der Waals surface area (Å²) in [6.07, 6.45) is 2.51. The minimum atomic E-state index is 0.0997. The van der Waals surface area contributed by atoms with Gasteiger partial charge in [-0.3, -0.25) is 4.79 Å². The molecular weight excluding hydrogens is 366 g/mol. The number of benzene rings is 1. The van der Waals surface area contributed by atoms with Gasteiger partial charge in [-0.2, -0.15) is 10.1 Å². The highest BCUT2D eigenvalue weighted by molar-refractivity contribution is 5.75. The van der Waals surface area contributed by atoms with Crippen LogP contribution in [0.4, 0.5) is 0 Å². The van der Waals surface area contributed by atoms with Gasteiger partial charge in [0.2, 0.25) is 11.8 Å². The zero-order valence-corrected chi connectivity index (χ0v) is 17.9. The number of para-hydroxylation sites is 1. The third-order valence-corrected chi connectivity index (χ3v) is 5.21. The van der Waals surface area contributed by atoms with Crippen molar-refractivity contribution in [3.05, 3.63) is 58.5 Å². The van der Waals surface area contributed by atoms with Crippen LogP contribution in [-0.4, -0.2) is 37.8 Å². The lowest BCUT2D eigenvalue weighted by Gasteiger charge is -2.17. The first-order chi connectivity index (χ1) is 13.9. The van der Waals surface area contributed by atoms with E-state index in [4.69, 9.17) is 9.62 Å². The topological polar surface area (TPSA) is 77.0 Å². The van der Waals surface area contributed by atoms with E-state index in [9.17, 15) is 4.79 Å². The normalized spacial score (nSPS) is 11.1. The molecule has 3 aromatic rings. The van der Waals surface area contributed by atoms with Crippen molar-refractivity contribution < 1.29 is 9.32 Å². The van der Waals surface area contributed by atoms with E-state index in [1.807, 2.05) is 37.7 Å². The first-order valence-corrected chi connectivity index (χ1v) is 10.1. The van der Waals surface area contributed by atoms with E-state index < -0.39 is 0 Å². The molecule has 0 bridgehead atoms. The molecule has 0 aliphatic heterocycles. The van der Waals surface area contributed by atoms with E-state index in [1.54, 1.807) is 4.90 Å². The molecule has 2 aromatic heterocycles. The van der Waals surface area contributed by atoms with Crippen molar-refractivity contribution in [2.45, 2.75) is 59.9 Å². The van der Waals surface area contributed by atoms with Gasteiger partial charge in [0.25, 0.3) is 0 Å². The summed E-state index contributed by atoms with van der Waals surface area (Å²) < 4.78 is 7.15. The molecule has 3 rings (SSSR count). The Morgan fingerprint density at radius 3 is 2.66 bits per heavy atom. The summed E-state index contributed by atoms with van der Waals surface area (Å²) in [7, 11) is 1.84. The number of aromatic nitrogens is 4. The van der Waals surface area contributed by atoms with E-state index in [2.05, 4.69) is 36.1 Å². The molecule has 154 valence electrons. The van der Waals surface area contributed by atoms with Gasteiger partial charge in [-0.15, -0.1) is 0 Å². The second kappa shape index (κ2) is 9.03. The molecule has 0 aliphatic carbocycles. The molecule has 7 heteroatoms. The van der Waals surface area contributed by atoms with Crippen LogP contribution in [0.5, 0.6) is 0 Å². The Labute approximate surface area is 171 Å². The lowest BCUT2D eigenvalue weighted by Crippen LogP contribution is -2.26. The van der Waals surface area contributed by atoms with Gasteiger partial charge in [0.15, 0.2) is 5.82 Å². The molecule has 0 saturated carbocycles. The molecule has 1 aromatic carbocycles. The Morgan fingerprint density at radius 1 is 1.21 bits per heavy atom. The fourth-order valence-corrected chi connectivity index (χ4v) is 3.38. The lowest BCUT2D eigenvalue weighted by molar-refractivity contribution is -0.130. The van der Waals surface area contributed by atoms with Gasteiger partial charge in [-0.1, -0.05) is 30.3 Å². The van der Waals surface area contributed by atoms with Gasteiger partial charge < -0.3 is 9.42 Å². The second-order valence-electron chi connectivity index (χ2n) is 7.41. The first kappa shape index (κ1) is 20.8. The maximum Gasteiger partial charge on any atom is 0.226 e. The van der Waals surface area contributed by atoms with Crippen molar-refractivity contribution in [2.24, 2.45) is 0 Å². The molecule has 0 unspecified atom stereocenters. The molecule has 7 nitrogen and oxygen atoms in total. The average molecular weight is 396 g/mol. The van der Waals surface area contributed by atoms with Crippen molar-refractivity contribution in [2.75, 3.05) is 7.05 Å². The third kappa shape index (κ3) is 4.72. The maximum absolute atomic E-state index is 12.6. The van der Waals surface area contributed by atoms with Crippen molar-refractivity contribution >= 4 is 5.91 Å². The van der Waals surface area contributed by atoms with E-state index >= 15 is 0 Å². The van der Waals surface area contributed by atoms with E-state index in [-0.39, 0.29) is 5.91 Å². The highest BCUT2D eigenvalue weighted by Crippen LogP contribution is 2.21. The van der Waals surface area contributed by atoms with E-state index in [0.717, 1.165) is 29.1 Å². The van der Waals surface area contributed by atoms with Gasteiger partial charge in [0.05, 0.1) is 11.4 Å². The number of amides is 1. The van der Waals surface area contributed by atoms with Crippen molar-refractivity contribution in [3.8, 4) is 5.69 Å². The Bertz CT molecular complexity index is 989. The quantitative estimate of drug-likeness (QED) is 0.581. The zero-order chi connectivity index (χ0) is 21.0. The van der Waals surface area contributed by atoms with Crippen LogP contribution in [0.2, 0.25) is 0 Å². The summed E-state index contributed by atoms with van der Waals surface area (Å²) in [5.41, 5.74) is 5.34. The van der Waals surface area contributed by atoms with Crippen molar-refractivity contribution in [1.29, 1.82) is 0 Å². The molecule has 0 spiro atoms. The predicted molar refractivity (Wildman–Crippen MR) is 111 cm³/mol. The smallest absolute Gasteiger partial charge is 0.226 e. The second-order valence-corrected chi connectivity index (χ2v) is 7.41. The standard InChI is InChI=1S/C22H29N5O2/c1-6-20-23-21(29-25-20)12-9-13-22(28)26(5)14-18-16(3)24-27(17(18)4)19-11-8-7-10-15(19)2/h7-8,10-11H,6,9,12-14H2,1-5H3. The van der Waals surface area contributed by atoms with Gasteiger partial charge in [-0.25, -0.2) is 4.68 Å². The van der Waals surface area contributed by atoms with E-state index in [0.29, 0.717) is 37.5 Å². The van der Waals surface area contributed by atoms with Crippen LogP contribution in [0.15, 0.2) is 28.8 Å². The molecular formula is C22H29N5O2. The SMILES string of the molecule is CCc1noc(CCCC(=O)N(C)Cc2c(C)nn(-c3ccccc3C)c2C)n1. The summed E-state index contributed by atoms with van der Waals surface area (Å²) >= 11 is 0. The summed E-state index contributed by atoms with van der Waals surface area (Å²) in [6, 6.07) is 8.18. The van der Waals surface area contributed by atoms with Crippen LogP contribution in [0, 0.1) is 20.8 Å². The van der Waals surface area contributed by atoms with Gasteiger partial charge >= 0.3 is 0 Å². The third-order valence-electron chi connectivity index (χ3n) is 5.21. The summed E-state index contributed by atoms with van der Waals surface area (Å²) in [6.45, 7) is 8.66. The number of hydrogen-bond donors (Lipinski definition) is 0. The highest BCUT2D eigenvalue weighted by Gasteiger charge is 2.18. The first-order valence-electron chi connectivity index (χ1n) is 10.1. The van der Waals surface area contributed by atoms with E-state index in [1.165, 1.54) is 5.56 Å². The fourth-order valence-electron chi connectivity index (χ4n) is 3.38. The molecule has 2 heterocycles. The Morgan fingerprint density at radius 2 is 1.97 bits per heavy atom. The molecule has 29 heavy (non-hydrogen) atoms. The number of rotatable bonds is 8. The Balaban J connectivity index is 1.62. The molecule has 0 fully saturated rings. The molecule has 0 saturated heterocycles. The van der Waals surface area contributed by atoms with Gasteiger partial charge in [0, 0.05) is 44.1 Å². The van der Waals surface area contributed by atoms with Crippen LogP contribution in [0.3, 0.4) is 0 Å². The fraction of sp³-hybridized carbons (Fsp3) is 0.455. The minimum absolute atomic E-state index is 0.0997. The average Bonchev–Trinajstić information content (AvgIpc) is 3.28. The van der Waals surface area contributed by atoms with Crippen LogP contribution < -0.4 is 0 Å². The molecule has 0 radical (unpaired) electrons. The number of carbonyl (C=O) groups excluding carboxylic acids is 1. The zero-order valence-electron chi connectivity index (χ0n) is 17.9.